The van der Waals surface area contributed by atoms with Crippen LogP contribution >= 0.6 is 24.0 Å². The van der Waals surface area contributed by atoms with Crippen molar-refractivity contribution in [2.45, 2.75) is 32.4 Å². The van der Waals surface area contributed by atoms with Crippen molar-refractivity contribution in [3.05, 3.63) is 35.9 Å². The summed E-state index contributed by atoms with van der Waals surface area (Å²) in [6, 6.07) is 11.3. The van der Waals surface area contributed by atoms with Crippen LogP contribution in [0.1, 0.15) is 25.3 Å². The maximum atomic E-state index is 5.34. The number of hydrogen-bond acceptors (Lipinski definition) is 3. The molecule has 0 aliphatic carbocycles. The molecule has 1 heterocycles. The first-order chi connectivity index (χ1) is 11.3. The van der Waals surface area contributed by atoms with Gasteiger partial charge in [0.2, 0.25) is 0 Å². The number of rotatable bonds is 8. The molecule has 2 N–H and O–H groups in total. The van der Waals surface area contributed by atoms with Gasteiger partial charge in [0, 0.05) is 39.3 Å². The second-order valence-electron chi connectivity index (χ2n) is 5.83. The highest BCUT2D eigenvalue weighted by Crippen LogP contribution is 2.19. The lowest BCUT2D eigenvalue weighted by Crippen LogP contribution is -2.45. The van der Waals surface area contributed by atoms with E-state index in [4.69, 9.17) is 4.74 Å². The number of benzene rings is 1. The summed E-state index contributed by atoms with van der Waals surface area (Å²) in [5.41, 5.74) is 1.39. The van der Waals surface area contributed by atoms with Crippen LogP contribution in [0.3, 0.4) is 0 Å². The Morgan fingerprint density at radius 2 is 2.08 bits per heavy atom. The minimum Gasteiger partial charge on any atom is -0.380 e. The molecule has 0 saturated carbocycles. The molecule has 1 fully saturated rings. The molecule has 1 atom stereocenters. The number of likely N-dealkylation sites (tertiary alicyclic amines) is 1. The first kappa shape index (κ1) is 21.2. The third-order valence-electron chi connectivity index (χ3n) is 4.20. The van der Waals surface area contributed by atoms with E-state index in [1.165, 1.54) is 24.9 Å². The Morgan fingerprint density at radius 3 is 2.79 bits per heavy atom. The lowest BCUT2D eigenvalue weighted by molar-refractivity contribution is 0.152. The Balaban J connectivity index is 0.00000288. The van der Waals surface area contributed by atoms with Crippen molar-refractivity contribution in [2.24, 2.45) is 4.99 Å². The molecule has 0 spiro atoms. The maximum Gasteiger partial charge on any atom is 0.191 e. The molecular weight excluding hydrogens is 415 g/mol. The van der Waals surface area contributed by atoms with Crippen LogP contribution in [0.2, 0.25) is 0 Å². The SMILES string of the molecule is CCOCCNC(=NC)NCC1CCCN1Cc1ccccc1.I. The second kappa shape index (κ2) is 12.5. The second-order valence-corrected chi connectivity index (χ2v) is 5.83. The molecule has 5 nitrogen and oxygen atoms in total. The molecule has 1 aromatic rings. The Kier molecular flexibility index (Phi) is 11.0. The van der Waals surface area contributed by atoms with Gasteiger partial charge in [-0.3, -0.25) is 9.89 Å². The van der Waals surface area contributed by atoms with Crippen LogP contribution in [0.5, 0.6) is 0 Å². The summed E-state index contributed by atoms with van der Waals surface area (Å²) in [5, 5.41) is 6.73. The zero-order valence-electron chi connectivity index (χ0n) is 14.8. The first-order valence-electron chi connectivity index (χ1n) is 8.63. The average molecular weight is 446 g/mol. The van der Waals surface area contributed by atoms with E-state index >= 15 is 0 Å². The lowest BCUT2D eigenvalue weighted by atomic mass is 10.2. The van der Waals surface area contributed by atoms with Gasteiger partial charge in [0.1, 0.15) is 0 Å². The fraction of sp³-hybridized carbons (Fsp3) is 0.611. The Morgan fingerprint density at radius 1 is 1.29 bits per heavy atom. The Bertz CT molecular complexity index is 469. The van der Waals surface area contributed by atoms with E-state index in [-0.39, 0.29) is 24.0 Å². The summed E-state index contributed by atoms with van der Waals surface area (Å²) < 4.78 is 5.34. The van der Waals surface area contributed by atoms with Crippen molar-refractivity contribution in [3.63, 3.8) is 0 Å². The van der Waals surface area contributed by atoms with Gasteiger partial charge in [-0.15, -0.1) is 24.0 Å². The van der Waals surface area contributed by atoms with Crippen LogP contribution in [0, 0.1) is 0 Å². The number of ether oxygens (including phenoxy) is 1. The fourth-order valence-electron chi connectivity index (χ4n) is 2.97. The van der Waals surface area contributed by atoms with Crippen LogP contribution in [0.4, 0.5) is 0 Å². The molecule has 1 unspecified atom stereocenters. The Labute approximate surface area is 163 Å². The predicted molar refractivity (Wildman–Crippen MR) is 111 cm³/mol. The number of aliphatic imine (C=N–C) groups is 1. The van der Waals surface area contributed by atoms with Crippen LogP contribution < -0.4 is 10.6 Å². The zero-order valence-corrected chi connectivity index (χ0v) is 17.2. The van der Waals surface area contributed by atoms with Crippen molar-refractivity contribution >= 4 is 29.9 Å². The number of hydrogen-bond donors (Lipinski definition) is 2. The molecule has 2 rings (SSSR count). The molecule has 1 aliphatic rings. The molecule has 0 radical (unpaired) electrons. The Hall–Kier alpha value is -0.860. The van der Waals surface area contributed by atoms with Crippen molar-refractivity contribution in [3.8, 4) is 0 Å². The maximum absolute atomic E-state index is 5.34. The van der Waals surface area contributed by atoms with E-state index < -0.39 is 0 Å². The smallest absolute Gasteiger partial charge is 0.191 e. The van der Waals surface area contributed by atoms with Gasteiger partial charge in [-0.1, -0.05) is 30.3 Å². The monoisotopic (exact) mass is 446 g/mol. The summed E-state index contributed by atoms with van der Waals surface area (Å²) in [6.45, 7) is 7.40. The van der Waals surface area contributed by atoms with Gasteiger partial charge in [0.05, 0.1) is 6.61 Å². The van der Waals surface area contributed by atoms with E-state index in [2.05, 4.69) is 50.9 Å². The quantitative estimate of drug-likeness (QED) is 0.279. The van der Waals surface area contributed by atoms with Crippen molar-refractivity contribution < 1.29 is 4.74 Å². The molecule has 1 aliphatic heterocycles. The molecule has 6 heteroatoms. The molecular formula is C18H31IN4O. The number of nitrogens with one attached hydrogen (secondary N) is 2. The molecule has 24 heavy (non-hydrogen) atoms. The van der Waals surface area contributed by atoms with E-state index in [1.807, 2.05) is 14.0 Å². The summed E-state index contributed by atoms with van der Waals surface area (Å²) in [6.07, 6.45) is 2.52. The first-order valence-corrected chi connectivity index (χ1v) is 8.63. The fourth-order valence-corrected chi connectivity index (χ4v) is 2.97. The number of guanidine groups is 1. The normalized spacial score (nSPS) is 18.2. The third-order valence-corrected chi connectivity index (χ3v) is 4.20. The third kappa shape index (κ3) is 7.36. The van der Waals surface area contributed by atoms with Gasteiger partial charge >= 0.3 is 0 Å². The number of nitrogens with zero attached hydrogens (tertiary/aromatic N) is 2. The van der Waals surface area contributed by atoms with Crippen LogP contribution in [0.15, 0.2) is 35.3 Å². The van der Waals surface area contributed by atoms with Gasteiger partial charge in [0.15, 0.2) is 5.96 Å². The molecule has 1 aromatic carbocycles. The standard InChI is InChI=1S/C18H30N4O.HI/c1-3-23-13-11-20-18(19-2)21-14-17-10-7-12-22(17)15-16-8-5-4-6-9-16;/h4-6,8-9,17H,3,7,10-15H2,1-2H3,(H2,19,20,21);1H. The predicted octanol–water partition coefficient (Wildman–Crippen LogP) is 2.47. The van der Waals surface area contributed by atoms with Crippen molar-refractivity contribution in [1.29, 1.82) is 0 Å². The van der Waals surface area contributed by atoms with E-state index in [9.17, 15) is 0 Å². The van der Waals surface area contributed by atoms with Gasteiger partial charge in [-0.25, -0.2) is 0 Å². The van der Waals surface area contributed by atoms with Gasteiger partial charge in [0.25, 0.3) is 0 Å². The molecule has 136 valence electrons. The molecule has 0 bridgehead atoms. The van der Waals surface area contributed by atoms with Gasteiger partial charge in [-0.2, -0.15) is 0 Å². The minimum absolute atomic E-state index is 0. The van der Waals surface area contributed by atoms with Crippen LogP contribution in [0.25, 0.3) is 0 Å². The van der Waals surface area contributed by atoms with E-state index in [1.54, 1.807) is 0 Å². The van der Waals surface area contributed by atoms with Crippen molar-refractivity contribution in [2.75, 3.05) is 39.9 Å². The van der Waals surface area contributed by atoms with Gasteiger partial charge in [-0.05, 0) is 31.9 Å². The van der Waals surface area contributed by atoms with E-state index in [0.29, 0.717) is 12.6 Å². The molecule has 0 amide bonds. The molecule has 0 aromatic heterocycles. The highest BCUT2D eigenvalue weighted by atomic mass is 127. The highest BCUT2D eigenvalue weighted by molar-refractivity contribution is 14.0. The minimum atomic E-state index is 0. The van der Waals surface area contributed by atoms with Gasteiger partial charge < -0.3 is 15.4 Å². The molecule has 1 saturated heterocycles. The summed E-state index contributed by atoms with van der Waals surface area (Å²) in [5.74, 6) is 0.858. The zero-order chi connectivity index (χ0) is 16.3. The van der Waals surface area contributed by atoms with Crippen LogP contribution in [-0.4, -0.2) is 56.8 Å². The average Bonchev–Trinajstić information content (AvgIpc) is 3.02. The largest absolute Gasteiger partial charge is 0.380 e. The topological polar surface area (TPSA) is 48.9 Å². The van der Waals surface area contributed by atoms with E-state index in [0.717, 1.165) is 32.2 Å². The van der Waals surface area contributed by atoms with Crippen LogP contribution in [-0.2, 0) is 11.3 Å². The highest BCUT2D eigenvalue weighted by Gasteiger charge is 2.24. The summed E-state index contributed by atoms with van der Waals surface area (Å²) >= 11 is 0. The summed E-state index contributed by atoms with van der Waals surface area (Å²) in [7, 11) is 1.81. The number of halogens is 1. The lowest BCUT2D eigenvalue weighted by Gasteiger charge is -2.25. The summed E-state index contributed by atoms with van der Waals surface area (Å²) in [4.78, 5) is 6.84. The van der Waals surface area contributed by atoms with Crippen molar-refractivity contribution in [1.82, 2.24) is 15.5 Å².